The van der Waals surface area contributed by atoms with E-state index in [2.05, 4.69) is 25.8 Å². The summed E-state index contributed by atoms with van der Waals surface area (Å²) in [6.45, 7) is 3.95. The van der Waals surface area contributed by atoms with Crippen molar-refractivity contribution >= 4 is 23.1 Å². The van der Waals surface area contributed by atoms with Crippen LogP contribution in [0.1, 0.15) is 16.7 Å². The summed E-state index contributed by atoms with van der Waals surface area (Å²) in [5.74, 6) is 0.660. The highest BCUT2D eigenvalue weighted by Crippen LogP contribution is 2.30. The van der Waals surface area contributed by atoms with Crippen LogP contribution in [0.25, 0.3) is 0 Å². The fourth-order valence-electron chi connectivity index (χ4n) is 2.43. The van der Waals surface area contributed by atoms with E-state index >= 15 is 0 Å². The fourth-order valence-corrected chi connectivity index (χ4v) is 2.43. The SMILES string of the molecule is Cc1cccc(C)c1Nc1cnnc(Nc2ccc(C(F)(F)F)cc2)n1. The number of hydrogen-bond donors (Lipinski definition) is 2. The van der Waals surface area contributed by atoms with Crippen molar-refractivity contribution in [1.29, 1.82) is 0 Å². The number of benzene rings is 2. The molecule has 0 aliphatic carbocycles. The number of hydrogen-bond acceptors (Lipinski definition) is 5. The van der Waals surface area contributed by atoms with E-state index in [9.17, 15) is 13.2 Å². The standard InChI is InChI=1S/C18H16F3N5/c1-11-4-3-5-12(2)16(11)24-15-10-22-26-17(25-15)23-14-8-6-13(7-9-14)18(19,20)21/h3-10H,1-2H3,(H2,23,24,25,26). The molecule has 0 amide bonds. The van der Waals surface area contributed by atoms with Gasteiger partial charge < -0.3 is 10.6 Å². The number of rotatable bonds is 4. The van der Waals surface area contributed by atoms with Crippen molar-refractivity contribution in [2.75, 3.05) is 10.6 Å². The van der Waals surface area contributed by atoms with Crippen LogP contribution >= 0.6 is 0 Å². The lowest BCUT2D eigenvalue weighted by atomic mass is 10.1. The van der Waals surface area contributed by atoms with E-state index < -0.39 is 11.7 Å². The number of aryl methyl sites for hydroxylation is 2. The van der Waals surface area contributed by atoms with Crippen molar-refractivity contribution in [3.05, 3.63) is 65.4 Å². The smallest absolute Gasteiger partial charge is 0.338 e. The fraction of sp³-hybridized carbons (Fsp3) is 0.167. The molecule has 0 saturated heterocycles. The van der Waals surface area contributed by atoms with Gasteiger partial charge in [0.25, 0.3) is 0 Å². The van der Waals surface area contributed by atoms with E-state index in [1.165, 1.54) is 18.3 Å². The molecule has 0 bridgehead atoms. The molecule has 1 aromatic heterocycles. The number of nitrogens with one attached hydrogen (secondary N) is 2. The first kappa shape index (κ1) is 17.7. The molecule has 0 radical (unpaired) electrons. The first-order valence-corrected chi connectivity index (χ1v) is 7.80. The van der Waals surface area contributed by atoms with Crippen molar-refractivity contribution in [2.24, 2.45) is 0 Å². The highest BCUT2D eigenvalue weighted by molar-refractivity contribution is 5.65. The number of anilines is 4. The monoisotopic (exact) mass is 359 g/mol. The van der Waals surface area contributed by atoms with Crippen LogP contribution in [0.3, 0.4) is 0 Å². The van der Waals surface area contributed by atoms with Gasteiger partial charge in [0.05, 0.1) is 11.8 Å². The van der Waals surface area contributed by atoms with Crippen LogP contribution in [0.5, 0.6) is 0 Å². The van der Waals surface area contributed by atoms with Gasteiger partial charge in [0.15, 0.2) is 5.82 Å². The maximum Gasteiger partial charge on any atom is 0.416 e. The summed E-state index contributed by atoms with van der Waals surface area (Å²) in [6, 6.07) is 10.5. The van der Waals surface area contributed by atoms with Crippen LogP contribution < -0.4 is 10.6 Å². The number of halogens is 3. The van der Waals surface area contributed by atoms with Crippen molar-refractivity contribution in [3.8, 4) is 0 Å². The van der Waals surface area contributed by atoms with E-state index in [1.54, 1.807) is 0 Å². The quantitative estimate of drug-likeness (QED) is 0.687. The minimum absolute atomic E-state index is 0.181. The van der Waals surface area contributed by atoms with Gasteiger partial charge in [-0.3, -0.25) is 0 Å². The van der Waals surface area contributed by atoms with Crippen molar-refractivity contribution in [3.63, 3.8) is 0 Å². The van der Waals surface area contributed by atoms with Gasteiger partial charge in [-0.25, -0.2) is 0 Å². The first-order valence-electron chi connectivity index (χ1n) is 7.80. The Bertz CT molecular complexity index is 887. The second-order valence-corrected chi connectivity index (χ2v) is 5.76. The average Bonchev–Trinajstić information content (AvgIpc) is 2.58. The summed E-state index contributed by atoms with van der Waals surface area (Å²) < 4.78 is 37.8. The zero-order valence-electron chi connectivity index (χ0n) is 14.1. The summed E-state index contributed by atoms with van der Waals surface area (Å²) in [4.78, 5) is 4.30. The van der Waals surface area contributed by atoms with E-state index in [0.29, 0.717) is 11.5 Å². The molecule has 3 rings (SSSR count). The Morgan fingerprint density at radius 2 is 1.54 bits per heavy atom. The molecule has 0 unspecified atom stereocenters. The van der Waals surface area contributed by atoms with Crippen molar-refractivity contribution < 1.29 is 13.2 Å². The lowest BCUT2D eigenvalue weighted by Crippen LogP contribution is -2.06. The van der Waals surface area contributed by atoms with Crippen LogP contribution in [0.15, 0.2) is 48.7 Å². The van der Waals surface area contributed by atoms with E-state index in [4.69, 9.17) is 0 Å². The summed E-state index contributed by atoms with van der Waals surface area (Å²) in [5.41, 5.74) is 2.76. The molecule has 0 fully saturated rings. The summed E-state index contributed by atoms with van der Waals surface area (Å²) in [5, 5.41) is 13.8. The molecule has 0 aliphatic heterocycles. The van der Waals surface area contributed by atoms with Crippen molar-refractivity contribution in [2.45, 2.75) is 20.0 Å². The molecule has 0 atom stereocenters. The van der Waals surface area contributed by atoms with E-state index in [1.807, 2.05) is 32.0 Å². The Morgan fingerprint density at radius 3 is 2.15 bits per heavy atom. The van der Waals surface area contributed by atoms with Gasteiger partial charge in [0, 0.05) is 11.4 Å². The maximum atomic E-state index is 12.6. The van der Waals surface area contributed by atoms with Gasteiger partial charge in [-0.1, -0.05) is 18.2 Å². The molecular weight excluding hydrogens is 343 g/mol. The number of alkyl halides is 3. The highest BCUT2D eigenvalue weighted by atomic mass is 19.4. The van der Waals surface area contributed by atoms with Gasteiger partial charge in [-0.05, 0) is 49.2 Å². The Balaban J connectivity index is 1.77. The summed E-state index contributed by atoms with van der Waals surface area (Å²) >= 11 is 0. The zero-order chi connectivity index (χ0) is 18.7. The van der Waals surface area contributed by atoms with Crippen LogP contribution in [0.2, 0.25) is 0 Å². The Morgan fingerprint density at radius 1 is 0.885 bits per heavy atom. The highest BCUT2D eigenvalue weighted by Gasteiger charge is 2.29. The van der Waals surface area contributed by atoms with Crippen LogP contribution in [0.4, 0.5) is 36.3 Å². The van der Waals surface area contributed by atoms with Crippen molar-refractivity contribution in [1.82, 2.24) is 15.2 Å². The van der Waals surface area contributed by atoms with Gasteiger partial charge in [0.2, 0.25) is 5.95 Å². The molecule has 2 aromatic carbocycles. The van der Waals surface area contributed by atoms with E-state index in [0.717, 1.165) is 28.9 Å². The molecule has 8 heteroatoms. The molecule has 0 aliphatic rings. The zero-order valence-corrected chi connectivity index (χ0v) is 14.1. The van der Waals surface area contributed by atoms with Gasteiger partial charge >= 0.3 is 6.18 Å². The predicted octanol–water partition coefficient (Wildman–Crippen LogP) is 4.99. The number of para-hydroxylation sites is 1. The number of nitrogens with zero attached hydrogens (tertiary/aromatic N) is 3. The first-order chi connectivity index (χ1) is 12.3. The van der Waals surface area contributed by atoms with Crippen LogP contribution in [-0.4, -0.2) is 15.2 Å². The second kappa shape index (κ2) is 6.99. The molecule has 3 aromatic rings. The minimum atomic E-state index is -4.37. The molecular formula is C18H16F3N5. The van der Waals surface area contributed by atoms with Gasteiger partial charge in [-0.2, -0.15) is 23.3 Å². The molecule has 26 heavy (non-hydrogen) atoms. The largest absolute Gasteiger partial charge is 0.416 e. The average molecular weight is 359 g/mol. The molecule has 0 saturated carbocycles. The molecule has 1 heterocycles. The third-order valence-corrected chi connectivity index (χ3v) is 3.76. The molecule has 2 N–H and O–H groups in total. The number of aromatic nitrogens is 3. The summed E-state index contributed by atoms with van der Waals surface area (Å²) in [7, 11) is 0. The normalized spacial score (nSPS) is 11.3. The molecule has 134 valence electrons. The van der Waals surface area contributed by atoms with Crippen LogP contribution in [-0.2, 0) is 6.18 Å². The lowest BCUT2D eigenvalue weighted by molar-refractivity contribution is -0.137. The third kappa shape index (κ3) is 4.08. The van der Waals surface area contributed by atoms with Crippen LogP contribution in [0, 0.1) is 13.8 Å². The third-order valence-electron chi connectivity index (χ3n) is 3.76. The Kier molecular flexibility index (Phi) is 4.75. The van der Waals surface area contributed by atoms with E-state index in [-0.39, 0.29) is 5.95 Å². The molecule has 0 spiro atoms. The maximum absolute atomic E-state index is 12.6. The van der Waals surface area contributed by atoms with Gasteiger partial charge in [0.1, 0.15) is 0 Å². The van der Waals surface area contributed by atoms with Gasteiger partial charge in [-0.15, -0.1) is 5.10 Å². The lowest BCUT2D eigenvalue weighted by Gasteiger charge is -2.12. The minimum Gasteiger partial charge on any atom is -0.338 e. The predicted molar refractivity (Wildman–Crippen MR) is 93.8 cm³/mol. The Labute approximate surface area is 148 Å². The second-order valence-electron chi connectivity index (χ2n) is 5.76. The molecule has 5 nitrogen and oxygen atoms in total. The summed E-state index contributed by atoms with van der Waals surface area (Å²) in [6.07, 6.45) is -2.89. The Hall–Kier alpha value is -3.16. The topological polar surface area (TPSA) is 62.7 Å².